The van der Waals surface area contributed by atoms with Crippen LogP contribution in [0.15, 0.2) is 190 Å². The molecule has 75 heavy (non-hydrogen) atoms. The SMILES string of the molecule is C=C/C=C\C(=C/C)c1ccc(C)c(-c2cc(/C(C=C)=C/C)ccc2Cc2ccc3c(c2)C(C)(C)c2cc(C)c4c(c2-3)C=CCC4)c1.C=Cc1ccccc1-c1cccc(C)c1C.CC.Cc1ccc(C(C)(C)C)cc1. The zero-order valence-corrected chi connectivity index (χ0v) is 48.1. The lowest BCUT2D eigenvalue weighted by molar-refractivity contribution is 0.590. The third-order valence-electron chi connectivity index (χ3n) is 15.2. The molecule has 0 heterocycles. The fraction of sp³-hybridized carbons (Fsp3) is 0.253. The fourth-order valence-electron chi connectivity index (χ4n) is 10.6. The molecule has 2 aliphatic carbocycles. The first kappa shape index (κ1) is 57.0. The number of rotatable bonds is 10. The van der Waals surface area contributed by atoms with Gasteiger partial charge in [0.25, 0.3) is 0 Å². The van der Waals surface area contributed by atoms with E-state index < -0.39 is 0 Å². The zero-order valence-electron chi connectivity index (χ0n) is 48.1. The van der Waals surface area contributed by atoms with Gasteiger partial charge in [0.2, 0.25) is 0 Å². The molecule has 2 aliphatic rings. The zero-order chi connectivity index (χ0) is 54.6. The molecular weight excluding hydrogens is 901 g/mol. The molecule has 384 valence electrons. The minimum atomic E-state index is -0.0456. The van der Waals surface area contributed by atoms with Crippen molar-refractivity contribution < 1.29 is 0 Å². The molecule has 0 fully saturated rings. The number of hydrogen-bond donors (Lipinski definition) is 0. The van der Waals surface area contributed by atoms with Crippen molar-refractivity contribution in [2.45, 2.75) is 127 Å². The van der Waals surface area contributed by atoms with Crippen molar-refractivity contribution in [3.8, 4) is 33.4 Å². The molecule has 7 aromatic carbocycles. The maximum absolute atomic E-state index is 4.10. The van der Waals surface area contributed by atoms with E-state index in [9.17, 15) is 0 Å². The lowest BCUT2D eigenvalue weighted by Gasteiger charge is -2.24. The number of allylic oxidation sites excluding steroid dienone is 9. The lowest BCUT2D eigenvalue weighted by Crippen LogP contribution is -2.16. The largest absolute Gasteiger partial charge is 0.0991 e. The molecule has 0 amide bonds. The molecule has 0 bridgehead atoms. The van der Waals surface area contributed by atoms with Crippen molar-refractivity contribution in [3.05, 3.63) is 273 Å². The van der Waals surface area contributed by atoms with E-state index in [0.29, 0.717) is 0 Å². The molecule has 0 aliphatic heterocycles. The molecule has 0 nitrogen and oxygen atoms in total. The average molecular weight is 985 g/mol. The number of fused-ring (bicyclic) bond motifs is 5. The summed E-state index contributed by atoms with van der Waals surface area (Å²) >= 11 is 0. The standard InChI is InChI=1S/C46H46.C16H16.C11H16.C2H6/c1-9-13-16-34(12-4)36-21-19-30(5)41(28-36)42-29-35(33(10-2)11-3)22-23-37(42)26-32-20-24-40-43(27-32)46(7,8)44-25-31(6)38-17-14-15-18-39(38)45(40)44;1-4-14-9-5-6-10-16(14)15-11-7-8-12(2)13(15)3;1-9-5-7-10(8-6-9)11(2,3)4;1-2/h9-13,15-16,18-25,27-29H,1-2,14,17,26H2,3-8H3;4-11H,1H2,2-3H3;5-8H,1-4H3;1-2H3/b16-13-,33-11+,34-12+;;;. The van der Waals surface area contributed by atoms with E-state index in [4.69, 9.17) is 0 Å². The second-order valence-electron chi connectivity index (χ2n) is 21.5. The molecule has 0 aromatic heterocycles. The van der Waals surface area contributed by atoms with Crippen molar-refractivity contribution in [2.24, 2.45) is 0 Å². The van der Waals surface area contributed by atoms with Gasteiger partial charge in [-0.3, -0.25) is 0 Å². The highest BCUT2D eigenvalue weighted by molar-refractivity contribution is 5.90. The maximum atomic E-state index is 4.10. The average Bonchev–Trinajstić information content (AvgIpc) is 3.64. The Morgan fingerprint density at radius 1 is 0.613 bits per heavy atom. The molecule has 0 saturated heterocycles. The van der Waals surface area contributed by atoms with Crippen LogP contribution in [-0.2, 0) is 23.7 Å². The van der Waals surface area contributed by atoms with E-state index in [1.165, 1.54) is 122 Å². The van der Waals surface area contributed by atoms with E-state index in [0.717, 1.165) is 24.8 Å². The predicted octanol–water partition coefficient (Wildman–Crippen LogP) is 21.5. The van der Waals surface area contributed by atoms with Gasteiger partial charge < -0.3 is 0 Å². The summed E-state index contributed by atoms with van der Waals surface area (Å²) in [5.74, 6) is 0. The number of benzene rings is 7. The van der Waals surface area contributed by atoms with Crippen LogP contribution in [0.3, 0.4) is 0 Å². The van der Waals surface area contributed by atoms with Crippen molar-refractivity contribution in [1.82, 2.24) is 0 Å². The Morgan fingerprint density at radius 3 is 1.95 bits per heavy atom. The minimum absolute atomic E-state index is 0.0456. The Morgan fingerprint density at radius 2 is 1.28 bits per heavy atom. The van der Waals surface area contributed by atoms with Crippen LogP contribution in [0, 0.1) is 34.6 Å². The highest BCUT2D eigenvalue weighted by Crippen LogP contribution is 2.52. The monoisotopic (exact) mass is 985 g/mol. The third-order valence-corrected chi connectivity index (χ3v) is 15.2. The van der Waals surface area contributed by atoms with Gasteiger partial charge in [-0.15, -0.1) is 0 Å². The van der Waals surface area contributed by atoms with Crippen LogP contribution in [0.5, 0.6) is 0 Å². The Balaban J connectivity index is 0.000000255. The van der Waals surface area contributed by atoms with Crippen LogP contribution in [0.25, 0.3) is 56.7 Å². The number of aryl methyl sites for hydroxylation is 4. The normalized spacial score (nSPS) is 13.2. The summed E-state index contributed by atoms with van der Waals surface area (Å²) in [7, 11) is 0. The Hall–Kier alpha value is -7.28. The summed E-state index contributed by atoms with van der Waals surface area (Å²) in [4.78, 5) is 0. The van der Waals surface area contributed by atoms with E-state index in [1.54, 1.807) is 0 Å². The highest BCUT2D eigenvalue weighted by atomic mass is 14.4. The molecule has 0 spiro atoms. The van der Waals surface area contributed by atoms with Gasteiger partial charge in [0, 0.05) is 5.41 Å². The van der Waals surface area contributed by atoms with Crippen LogP contribution in [0.1, 0.15) is 152 Å². The summed E-state index contributed by atoms with van der Waals surface area (Å²) in [6.07, 6.45) is 22.0. The fourth-order valence-corrected chi connectivity index (χ4v) is 10.6. The first-order chi connectivity index (χ1) is 35.9. The highest BCUT2D eigenvalue weighted by Gasteiger charge is 2.38. The van der Waals surface area contributed by atoms with Gasteiger partial charge >= 0.3 is 0 Å². The summed E-state index contributed by atoms with van der Waals surface area (Å²) in [5, 5.41) is 0. The lowest BCUT2D eigenvalue weighted by atomic mass is 9.79. The second-order valence-corrected chi connectivity index (χ2v) is 21.5. The van der Waals surface area contributed by atoms with Crippen LogP contribution >= 0.6 is 0 Å². The Labute approximate surface area is 454 Å². The van der Waals surface area contributed by atoms with Gasteiger partial charge in [0.15, 0.2) is 0 Å². The first-order valence-corrected chi connectivity index (χ1v) is 27.3. The van der Waals surface area contributed by atoms with Gasteiger partial charge in [0.1, 0.15) is 0 Å². The second kappa shape index (κ2) is 25.3. The molecule has 0 saturated carbocycles. The molecule has 9 rings (SSSR count). The molecular formula is C75H84. The summed E-state index contributed by atoms with van der Waals surface area (Å²) in [6.45, 7) is 42.5. The Bertz CT molecular complexity index is 3300. The van der Waals surface area contributed by atoms with E-state index in [1.807, 2.05) is 44.2 Å². The third kappa shape index (κ3) is 12.8. The molecule has 0 N–H and O–H groups in total. The maximum Gasteiger partial charge on any atom is 0.0159 e. The molecule has 0 unspecified atom stereocenters. The van der Waals surface area contributed by atoms with Crippen LogP contribution in [-0.4, -0.2) is 0 Å². The predicted molar refractivity (Wildman–Crippen MR) is 335 cm³/mol. The topological polar surface area (TPSA) is 0 Å². The van der Waals surface area contributed by atoms with Crippen LogP contribution in [0.4, 0.5) is 0 Å². The van der Waals surface area contributed by atoms with Gasteiger partial charge in [-0.1, -0.05) is 244 Å². The van der Waals surface area contributed by atoms with Crippen molar-refractivity contribution in [2.75, 3.05) is 0 Å². The minimum Gasteiger partial charge on any atom is -0.0991 e. The molecule has 0 atom stereocenters. The van der Waals surface area contributed by atoms with Crippen LogP contribution in [0.2, 0.25) is 0 Å². The molecule has 0 heteroatoms. The summed E-state index contributed by atoms with van der Waals surface area (Å²) in [5.41, 5.74) is 30.8. The summed E-state index contributed by atoms with van der Waals surface area (Å²) in [6, 6.07) is 47.0. The Kier molecular flexibility index (Phi) is 19.2. The first-order valence-electron chi connectivity index (χ1n) is 27.3. The van der Waals surface area contributed by atoms with Gasteiger partial charge in [-0.25, -0.2) is 0 Å². The number of hydrogen-bond acceptors (Lipinski definition) is 0. The van der Waals surface area contributed by atoms with E-state index in [2.05, 4.69) is 255 Å². The van der Waals surface area contributed by atoms with Crippen LogP contribution < -0.4 is 0 Å². The smallest absolute Gasteiger partial charge is 0.0159 e. The van der Waals surface area contributed by atoms with Crippen molar-refractivity contribution in [3.63, 3.8) is 0 Å². The van der Waals surface area contributed by atoms with E-state index >= 15 is 0 Å². The van der Waals surface area contributed by atoms with E-state index in [-0.39, 0.29) is 10.8 Å². The van der Waals surface area contributed by atoms with Crippen molar-refractivity contribution in [1.29, 1.82) is 0 Å². The van der Waals surface area contributed by atoms with Gasteiger partial charge in [0.05, 0.1) is 0 Å². The molecule has 0 radical (unpaired) electrons. The van der Waals surface area contributed by atoms with Crippen molar-refractivity contribution >= 4 is 23.3 Å². The quantitative estimate of drug-likeness (QED) is 0.120. The summed E-state index contributed by atoms with van der Waals surface area (Å²) < 4.78 is 0. The van der Waals surface area contributed by atoms with Gasteiger partial charge in [-0.2, -0.15) is 0 Å². The molecule has 7 aromatic rings. The van der Waals surface area contributed by atoms with Gasteiger partial charge in [-0.05, 0) is 208 Å².